The first kappa shape index (κ1) is 17.7. The molecule has 1 aliphatic rings. The number of likely N-dealkylation sites (tertiary alicyclic amines) is 1. The first-order valence-corrected chi connectivity index (χ1v) is 7.64. The van der Waals surface area contributed by atoms with Crippen molar-refractivity contribution >= 4 is 23.7 Å². The molecule has 0 unspecified atom stereocenters. The Labute approximate surface area is 139 Å². The standard InChI is InChI=1S/C14H22N6O4/c1-18(2)14(23)16-11-8-15-20(17-11)9-12(21)19-6-4-10(5-7-19)13(22)24-3/h8,10H,4-7,9H2,1-3H3,(H,16,17,23). The summed E-state index contributed by atoms with van der Waals surface area (Å²) in [6, 6.07) is -0.321. The fraction of sp³-hybridized carbons (Fsp3) is 0.643. The van der Waals surface area contributed by atoms with Crippen LogP contribution in [0, 0.1) is 5.92 Å². The molecule has 0 saturated carbocycles. The van der Waals surface area contributed by atoms with Gasteiger partial charge in [0.25, 0.3) is 0 Å². The average molecular weight is 338 g/mol. The number of carbonyl (C=O) groups excluding carboxylic acids is 3. The molecule has 0 spiro atoms. The highest BCUT2D eigenvalue weighted by atomic mass is 16.5. The minimum Gasteiger partial charge on any atom is -0.469 e. The van der Waals surface area contributed by atoms with E-state index in [2.05, 4.69) is 15.5 Å². The molecule has 10 nitrogen and oxygen atoms in total. The Morgan fingerprint density at radius 3 is 2.58 bits per heavy atom. The summed E-state index contributed by atoms with van der Waals surface area (Å²) in [6.45, 7) is 0.995. The highest BCUT2D eigenvalue weighted by Gasteiger charge is 2.28. The van der Waals surface area contributed by atoms with E-state index < -0.39 is 0 Å². The molecule has 1 aromatic rings. The Morgan fingerprint density at radius 2 is 2.00 bits per heavy atom. The van der Waals surface area contributed by atoms with Crippen LogP contribution >= 0.6 is 0 Å². The second kappa shape index (κ2) is 7.75. The van der Waals surface area contributed by atoms with Gasteiger partial charge in [-0.15, -0.1) is 5.10 Å². The third-order valence-electron chi connectivity index (χ3n) is 3.84. The topological polar surface area (TPSA) is 110 Å². The third-order valence-corrected chi connectivity index (χ3v) is 3.84. The molecule has 1 saturated heterocycles. The van der Waals surface area contributed by atoms with Gasteiger partial charge in [-0.1, -0.05) is 0 Å². The van der Waals surface area contributed by atoms with Crippen molar-refractivity contribution in [2.24, 2.45) is 5.92 Å². The van der Waals surface area contributed by atoms with E-state index in [0.717, 1.165) is 0 Å². The van der Waals surface area contributed by atoms with E-state index in [4.69, 9.17) is 4.74 Å². The molecule has 1 N–H and O–H groups in total. The Hall–Kier alpha value is -2.65. The van der Waals surface area contributed by atoms with Crippen LogP contribution in [0.5, 0.6) is 0 Å². The van der Waals surface area contributed by atoms with Gasteiger partial charge in [0.15, 0.2) is 5.82 Å². The van der Waals surface area contributed by atoms with Crippen LogP contribution in [0.25, 0.3) is 0 Å². The second-order valence-electron chi connectivity index (χ2n) is 5.76. The van der Waals surface area contributed by atoms with Gasteiger partial charge in [0.2, 0.25) is 5.91 Å². The summed E-state index contributed by atoms with van der Waals surface area (Å²) in [5.41, 5.74) is 0. The highest BCUT2D eigenvalue weighted by molar-refractivity contribution is 5.87. The van der Waals surface area contributed by atoms with Crippen molar-refractivity contribution in [2.75, 3.05) is 39.6 Å². The number of aromatic nitrogens is 3. The number of hydrogen-bond donors (Lipinski definition) is 1. The van der Waals surface area contributed by atoms with E-state index in [1.807, 2.05) is 0 Å². The van der Waals surface area contributed by atoms with Crippen molar-refractivity contribution < 1.29 is 19.1 Å². The number of nitrogens with zero attached hydrogens (tertiary/aromatic N) is 5. The zero-order chi connectivity index (χ0) is 17.7. The quantitative estimate of drug-likeness (QED) is 0.760. The smallest absolute Gasteiger partial charge is 0.322 e. The number of amides is 3. The molecule has 3 amide bonds. The summed E-state index contributed by atoms with van der Waals surface area (Å²) in [6.07, 6.45) is 2.57. The number of carbonyl (C=O) groups is 3. The number of nitrogens with one attached hydrogen (secondary N) is 1. The lowest BCUT2D eigenvalue weighted by atomic mass is 9.97. The SMILES string of the molecule is COC(=O)C1CCN(C(=O)Cn2ncc(NC(=O)N(C)C)n2)CC1. The van der Waals surface area contributed by atoms with Gasteiger partial charge in [-0.3, -0.25) is 14.9 Å². The number of hydrogen-bond acceptors (Lipinski definition) is 6. The van der Waals surface area contributed by atoms with Gasteiger partial charge in [-0.05, 0) is 12.8 Å². The van der Waals surface area contributed by atoms with Crippen LogP contribution in [0.1, 0.15) is 12.8 Å². The van der Waals surface area contributed by atoms with E-state index in [1.165, 1.54) is 23.0 Å². The Balaban J connectivity index is 1.84. The van der Waals surface area contributed by atoms with Crippen molar-refractivity contribution in [3.05, 3.63) is 6.20 Å². The predicted molar refractivity (Wildman–Crippen MR) is 84.0 cm³/mol. The van der Waals surface area contributed by atoms with E-state index in [9.17, 15) is 14.4 Å². The fourth-order valence-electron chi connectivity index (χ4n) is 2.40. The fourth-order valence-corrected chi connectivity index (χ4v) is 2.40. The van der Waals surface area contributed by atoms with Crippen molar-refractivity contribution in [1.82, 2.24) is 24.8 Å². The number of esters is 1. The zero-order valence-corrected chi connectivity index (χ0v) is 14.1. The number of urea groups is 1. The summed E-state index contributed by atoms with van der Waals surface area (Å²) >= 11 is 0. The molecule has 1 aromatic heterocycles. The Morgan fingerprint density at radius 1 is 1.33 bits per heavy atom. The van der Waals surface area contributed by atoms with Crippen LogP contribution in [0.4, 0.5) is 10.6 Å². The van der Waals surface area contributed by atoms with Crippen LogP contribution < -0.4 is 5.32 Å². The Kier molecular flexibility index (Phi) is 5.72. The first-order chi connectivity index (χ1) is 11.4. The summed E-state index contributed by atoms with van der Waals surface area (Å²) < 4.78 is 4.73. The molecule has 2 heterocycles. The molecule has 0 aromatic carbocycles. The molecule has 24 heavy (non-hydrogen) atoms. The Bertz CT molecular complexity index is 606. The summed E-state index contributed by atoms with van der Waals surface area (Å²) in [7, 11) is 4.60. The van der Waals surface area contributed by atoms with Crippen LogP contribution in [-0.4, -0.2) is 77.0 Å². The minimum absolute atomic E-state index is 0.0132. The van der Waals surface area contributed by atoms with E-state index in [-0.39, 0.29) is 36.2 Å². The minimum atomic E-state index is -0.321. The molecule has 0 aliphatic carbocycles. The second-order valence-corrected chi connectivity index (χ2v) is 5.76. The molecule has 1 aliphatic heterocycles. The zero-order valence-electron chi connectivity index (χ0n) is 14.1. The first-order valence-electron chi connectivity index (χ1n) is 7.64. The number of methoxy groups -OCH3 is 1. The number of anilines is 1. The predicted octanol–water partition coefficient (Wildman–Crippen LogP) is -0.217. The van der Waals surface area contributed by atoms with Gasteiger partial charge in [0.1, 0.15) is 6.54 Å². The number of rotatable bonds is 4. The third kappa shape index (κ3) is 4.43. The highest BCUT2D eigenvalue weighted by Crippen LogP contribution is 2.18. The lowest BCUT2D eigenvalue weighted by molar-refractivity contribution is -0.149. The van der Waals surface area contributed by atoms with Gasteiger partial charge >= 0.3 is 12.0 Å². The van der Waals surface area contributed by atoms with E-state index in [0.29, 0.717) is 25.9 Å². The molecule has 0 bridgehead atoms. The van der Waals surface area contributed by atoms with Gasteiger partial charge < -0.3 is 14.5 Å². The van der Waals surface area contributed by atoms with E-state index >= 15 is 0 Å². The molecule has 2 rings (SSSR count). The molecule has 0 atom stereocenters. The lowest BCUT2D eigenvalue weighted by Gasteiger charge is -2.30. The normalized spacial score (nSPS) is 15.0. The monoisotopic (exact) mass is 338 g/mol. The van der Waals surface area contributed by atoms with Gasteiger partial charge in [0.05, 0.1) is 19.2 Å². The summed E-state index contributed by atoms with van der Waals surface area (Å²) in [5.74, 6) is -0.211. The maximum atomic E-state index is 12.3. The van der Waals surface area contributed by atoms with Crippen molar-refractivity contribution in [3.63, 3.8) is 0 Å². The number of ether oxygens (including phenoxy) is 1. The molecular weight excluding hydrogens is 316 g/mol. The molecule has 132 valence electrons. The molecular formula is C14H22N6O4. The summed E-state index contributed by atoms with van der Waals surface area (Å²) in [4.78, 5) is 39.6. The molecule has 0 radical (unpaired) electrons. The van der Waals surface area contributed by atoms with Gasteiger partial charge in [0, 0.05) is 27.2 Å². The lowest BCUT2D eigenvalue weighted by Crippen LogP contribution is -2.42. The maximum Gasteiger partial charge on any atom is 0.322 e. The van der Waals surface area contributed by atoms with Crippen LogP contribution in [0.2, 0.25) is 0 Å². The van der Waals surface area contributed by atoms with Crippen molar-refractivity contribution in [2.45, 2.75) is 19.4 Å². The van der Waals surface area contributed by atoms with Gasteiger partial charge in [-0.2, -0.15) is 9.90 Å². The molecule has 1 fully saturated rings. The van der Waals surface area contributed by atoms with Crippen LogP contribution in [-0.2, 0) is 20.9 Å². The van der Waals surface area contributed by atoms with Gasteiger partial charge in [-0.25, -0.2) is 4.79 Å². The largest absolute Gasteiger partial charge is 0.469 e. The summed E-state index contributed by atoms with van der Waals surface area (Å²) in [5, 5.41) is 10.6. The van der Waals surface area contributed by atoms with Crippen molar-refractivity contribution in [1.29, 1.82) is 0 Å². The maximum absolute atomic E-state index is 12.3. The molecule has 10 heteroatoms. The number of piperidine rings is 1. The van der Waals surface area contributed by atoms with E-state index in [1.54, 1.807) is 19.0 Å². The van der Waals surface area contributed by atoms with Crippen molar-refractivity contribution in [3.8, 4) is 0 Å². The van der Waals surface area contributed by atoms with Crippen LogP contribution in [0.3, 0.4) is 0 Å². The average Bonchev–Trinajstić information content (AvgIpc) is 3.01. The van der Waals surface area contributed by atoms with Crippen LogP contribution in [0.15, 0.2) is 6.20 Å².